The van der Waals surface area contributed by atoms with Crippen LogP contribution in [-0.2, 0) is 5.60 Å². The van der Waals surface area contributed by atoms with E-state index in [1.807, 2.05) is 66.7 Å². The Labute approximate surface area is 189 Å². The summed E-state index contributed by atoms with van der Waals surface area (Å²) in [4.78, 5) is 0. The summed E-state index contributed by atoms with van der Waals surface area (Å²) in [5, 5.41) is 14.8. The van der Waals surface area contributed by atoms with Crippen molar-refractivity contribution in [2.75, 3.05) is 0 Å². The highest BCUT2D eigenvalue weighted by Crippen LogP contribution is 2.43. The third kappa shape index (κ3) is 3.84. The monoisotopic (exact) mass is 414 g/mol. The molecule has 0 amide bonds. The molecule has 0 aliphatic heterocycles. The smallest absolute Gasteiger partial charge is 0.115 e. The SMILES string of the molecule is OC(CC(c1ccccc1)c1cccc2ccccc12)(c1ccccc1)c1ccccc1. The van der Waals surface area contributed by atoms with Crippen LogP contribution in [0.15, 0.2) is 133 Å². The third-order valence-electron chi connectivity index (χ3n) is 6.40. The van der Waals surface area contributed by atoms with Gasteiger partial charge in [0, 0.05) is 5.92 Å². The zero-order valence-electron chi connectivity index (χ0n) is 17.9. The predicted octanol–water partition coefficient (Wildman–Crippen LogP) is 7.30. The summed E-state index contributed by atoms with van der Waals surface area (Å²) in [6.07, 6.45) is 0.541. The molecule has 5 rings (SSSR count). The Morgan fingerprint density at radius 1 is 0.531 bits per heavy atom. The van der Waals surface area contributed by atoms with E-state index in [2.05, 4.69) is 66.7 Å². The van der Waals surface area contributed by atoms with Crippen molar-refractivity contribution in [1.82, 2.24) is 0 Å². The van der Waals surface area contributed by atoms with E-state index >= 15 is 0 Å². The molecule has 1 atom stereocenters. The molecule has 0 heterocycles. The van der Waals surface area contributed by atoms with Crippen LogP contribution in [0.3, 0.4) is 0 Å². The molecule has 5 aromatic carbocycles. The molecule has 0 aromatic heterocycles. The molecule has 1 nitrogen and oxygen atoms in total. The summed E-state index contributed by atoms with van der Waals surface area (Å²) in [5.41, 5.74) is 3.13. The Kier molecular flexibility index (Phi) is 5.58. The van der Waals surface area contributed by atoms with Crippen molar-refractivity contribution in [1.29, 1.82) is 0 Å². The highest BCUT2D eigenvalue weighted by atomic mass is 16.3. The Bertz CT molecular complexity index is 1250. The molecule has 0 fully saturated rings. The van der Waals surface area contributed by atoms with E-state index in [0.717, 1.165) is 11.1 Å². The van der Waals surface area contributed by atoms with Crippen molar-refractivity contribution in [3.05, 3.63) is 156 Å². The Morgan fingerprint density at radius 3 is 1.66 bits per heavy atom. The van der Waals surface area contributed by atoms with Crippen LogP contribution < -0.4 is 0 Å². The van der Waals surface area contributed by atoms with E-state index in [-0.39, 0.29) is 5.92 Å². The van der Waals surface area contributed by atoms with Crippen LogP contribution in [0.1, 0.15) is 34.6 Å². The number of hydrogen-bond donors (Lipinski definition) is 1. The van der Waals surface area contributed by atoms with Gasteiger partial charge in [0.15, 0.2) is 0 Å². The van der Waals surface area contributed by atoms with Gasteiger partial charge in [-0.25, -0.2) is 0 Å². The fourth-order valence-electron chi connectivity index (χ4n) is 4.77. The van der Waals surface area contributed by atoms with Crippen LogP contribution in [0.25, 0.3) is 10.8 Å². The van der Waals surface area contributed by atoms with Crippen molar-refractivity contribution >= 4 is 10.8 Å². The van der Waals surface area contributed by atoms with Crippen LogP contribution in [0.5, 0.6) is 0 Å². The summed E-state index contributed by atoms with van der Waals surface area (Å²) in [6.45, 7) is 0. The van der Waals surface area contributed by atoms with E-state index in [0.29, 0.717) is 6.42 Å². The maximum atomic E-state index is 12.3. The first-order valence-electron chi connectivity index (χ1n) is 11.1. The highest BCUT2D eigenvalue weighted by molar-refractivity contribution is 5.86. The Balaban J connectivity index is 1.71. The summed E-state index contributed by atoms with van der Waals surface area (Å²) < 4.78 is 0. The van der Waals surface area contributed by atoms with Crippen LogP contribution in [-0.4, -0.2) is 5.11 Å². The van der Waals surface area contributed by atoms with Crippen LogP contribution in [0.4, 0.5) is 0 Å². The lowest BCUT2D eigenvalue weighted by Gasteiger charge is -2.34. The second kappa shape index (κ2) is 8.82. The van der Waals surface area contributed by atoms with Gasteiger partial charge in [0.05, 0.1) is 0 Å². The van der Waals surface area contributed by atoms with Crippen molar-refractivity contribution in [3.8, 4) is 0 Å². The molecule has 1 N–H and O–H groups in total. The molecule has 32 heavy (non-hydrogen) atoms. The molecule has 0 saturated carbocycles. The van der Waals surface area contributed by atoms with Crippen molar-refractivity contribution < 1.29 is 5.11 Å². The minimum atomic E-state index is -1.13. The second-order valence-corrected chi connectivity index (χ2v) is 8.33. The van der Waals surface area contributed by atoms with E-state index in [1.165, 1.54) is 21.9 Å². The van der Waals surface area contributed by atoms with Crippen molar-refractivity contribution in [2.45, 2.75) is 17.9 Å². The number of hydrogen-bond acceptors (Lipinski definition) is 1. The molecule has 1 unspecified atom stereocenters. The molecular weight excluding hydrogens is 388 g/mol. The number of rotatable bonds is 6. The molecule has 0 aliphatic rings. The molecule has 0 bridgehead atoms. The van der Waals surface area contributed by atoms with Crippen molar-refractivity contribution in [2.24, 2.45) is 0 Å². The molecule has 0 saturated heterocycles. The van der Waals surface area contributed by atoms with E-state index < -0.39 is 5.60 Å². The van der Waals surface area contributed by atoms with Gasteiger partial charge in [-0.2, -0.15) is 0 Å². The van der Waals surface area contributed by atoms with Gasteiger partial charge < -0.3 is 5.11 Å². The second-order valence-electron chi connectivity index (χ2n) is 8.33. The summed E-state index contributed by atoms with van der Waals surface area (Å²) in [7, 11) is 0. The maximum Gasteiger partial charge on any atom is 0.115 e. The maximum absolute atomic E-state index is 12.3. The molecule has 0 aliphatic carbocycles. The largest absolute Gasteiger partial charge is 0.380 e. The summed E-state index contributed by atoms with van der Waals surface area (Å²) >= 11 is 0. The zero-order valence-corrected chi connectivity index (χ0v) is 17.9. The average molecular weight is 415 g/mol. The van der Waals surface area contributed by atoms with Crippen molar-refractivity contribution in [3.63, 3.8) is 0 Å². The minimum Gasteiger partial charge on any atom is -0.380 e. The molecular formula is C31H26O. The molecule has 1 heteroatoms. The fraction of sp³-hybridized carbons (Fsp3) is 0.0968. The molecule has 0 radical (unpaired) electrons. The standard InChI is InChI=1S/C31H26O/c32-31(26-17-6-2-7-18-26,27-19-8-3-9-20-27)23-30(25-13-4-1-5-14-25)29-22-12-16-24-15-10-11-21-28(24)29/h1-22,30,32H,23H2. The fourth-order valence-corrected chi connectivity index (χ4v) is 4.77. The van der Waals surface area contributed by atoms with Gasteiger partial charge in [0.25, 0.3) is 0 Å². The lowest BCUT2D eigenvalue weighted by Crippen LogP contribution is -2.30. The van der Waals surface area contributed by atoms with Gasteiger partial charge in [0.2, 0.25) is 0 Å². The summed E-state index contributed by atoms with van der Waals surface area (Å²) in [6, 6.07) is 45.6. The van der Waals surface area contributed by atoms with Crippen LogP contribution in [0.2, 0.25) is 0 Å². The quantitative estimate of drug-likeness (QED) is 0.309. The zero-order chi connectivity index (χ0) is 21.8. The average Bonchev–Trinajstić information content (AvgIpc) is 2.88. The van der Waals surface area contributed by atoms with E-state index in [9.17, 15) is 5.11 Å². The molecule has 0 spiro atoms. The first-order valence-corrected chi connectivity index (χ1v) is 11.1. The molecule has 156 valence electrons. The predicted molar refractivity (Wildman–Crippen MR) is 133 cm³/mol. The number of benzene rings is 5. The number of fused-ring (bicyclic) bond motifs is 1. The van der Waals surface area contributed by atoms with Gasteiger partial charge in [-0.15, -0.1) is 0 Å². The number of aliphatic hydroxyl groups is 1. The highest BCUT2D eigenvalue weighted by Gasteiger charge is 2.35. The lowest BCUT2D eigenvalue weighted by atomic mass is 9.74. The Morgan fingerprint density at radius 2 is 1.03 bits per heavy atom. The topological polar surface area (TPSA) is 20.2 Å². The van der Waals surface area contributed by atoms with Gasteiger partial charge >= 0.3 is 0 Å². The van der Waals surface area contributed by atoms with Crippen LogP contribution in [0, 0.1) is 0 Å². The van der Waals surface area contributed by atoms with E-state index in [1.54, 1.807) is 0 Å². The first kappa shape index (κ1) is 20.2. The molecule has 5 aromatic rings. The summed E-state index contributed by atoms with van der Waals surface area (Å²) in [5.74, 6) is 0.0210. The van der Waals surface area contributed by atoms with Gasteiger partial charge in [-0.05, 0) is 39.4 Å². The van der Waals surface area contributed by atoms with Gasteiger partial charge in [0.1, 0.15) is 5.60 Å². The van der Waals surface area contributed by atoms with E-state index in [4.69, 9.17) is 0 Å². The third-order valence-corrected chi connectivity index (χ3v) is 6.40. The van der Waals surface area contributed by atoms with Crippen LogP contribution >= 0.6 is 0 Å². The minimum absolute atomic E-state index is 0.0210. The normalized spacial score (nSPS) is 12.5. The van der Waals surface area contributed by atoms with Gasteiger partial charge in [-0.3, -0.25) is 0 Å². The first-order chi connectivity index (χ1) is 15.8. The Hall–Kier alpha value is -3.68. The van der Waals surface area contributed by atoms with Gasteiger partial charge in [-0.1, -0.05) is 133 Å². The lowest BCUT2D eigenvalue weighted by molar-refractivity contribution is 0.0665.